The van der Waals surface area contributed by atoms with Crippen molar-refractivity contribution in [2.24, 2.45) is 5.92 Å². The van der Waals surface area contributed by atoms with Crippen LogP contribution in [0.25, 0.3) is 0 Å². The van der Waals surface area contributed by atoms with Gasteiger partial charge >= 0.3 is 6.18 Å². The Kier molecular flexibility index (Phi) is 6.11. The second kappa shape index (κ2) is 7.96. The average Bonchev–Trinajstić information content (AvgIpc) is 3.39. The van der Waals surface area contributed by atoms with Gasteiger partial charge in [0.25, 0.3) is 0 Å². The minimum atomic E-state index is -4.58. The van der Waals surface area contributed by atoms with E-state index in [0.29, 0.717) is 0 Å². The van der Waals surface area contributed by atoms with Crippen molar-refractivity contribution in [2.45, 2.75) is 31.5 Å². The number of nitrogens with zero attached hydrogens (tertiary/aromatic N) is 2. The number of rotatable bonds is 7. The van der Waals surface area contributed by atoms with E-state index in [4.69, 9.17) is 0 Å². The number of para-hydroxylation sites is 1. The Morgan fingerprint density at radius 3 is 2.37 bits per heavy atom. The Morgan fingerprint density at radius 1 is 1.22 bits per heavy atom. The Hall–Kier alpha value is -2.60. The third-order valence-electron chi connectivity index (χ3n) is 4.36. The quantitative estimate of drug-likeness (QED) is 0.758. The number of benzene rings is 1. The van der Waals surface area contributed by atoms with E-state index in [-0.39, 0.29) is 24.7 Å². The topological polar surface area (TPSA) is 85.2 Å². The number of likely N-dealkylation sites (N-methyl/N-ethyl adjacent to an activating group) is 1. The number of alkyl halides is 3. The number of nitrogens with one attached hydrogen (secondary N) is 2. The molecule has 27 heavy (non-hydrogen) atoms. The van der Waals surface area contributed by atoms with Crippen molar-refractivity contribution in [3.63, 3.8) is 0 Å². The molecule has 0 spiro atoms. The van der Waals surface area contributed by atoms with Crippen molar-refractivity contribution in [1.29, 1.82) is 5.26 Å². The van der Waals surface area contributed by atoms with Gasteiger partial charge in [0.15, 0.2) is 0 Å². The van der Waals surface area contributed by atoms with Crippen molar-refractivity contribution < 1.29 is 22.8 Å². The lowest BCUT2D eigenvalue weighted by Gasteiger charge is -2.24. The average molecular weight is 382 g/mol. The summed E-state index contributed by atoms with van der Waals surface area (Å²) in [5.41, 5.74) is -2.21. The van der Waals surface area contributed by atoms with Gasteiger partial charge in [-0.1, -0.05) is 12.1 Å². The first-order chi connectivity index (χ1) is 12.5. The van der Waals surface area contributed by atoms with Gasteiger partial charge in [0, 0.05) is 0 Å². The first-order valence-corrected chi connectivity index (χ1v) is 8.42. The van der Waals surface area contributed by atoms with Crippen LogP contribution in [-0.2, 0) is 15.8 Å². The van der Waals surface area contributed by atoms with Crippen molar-refractivity contribution >= 4 is 17.5 Å². The van der Waals surface area contributed by atoms with Gasteiger partial charge in [-0.15, -0.1) is 0 Å². The summed E-state index contributed by atoms with van der Waals surface area (Å²) in [7, 11) is 1.50. The molecule has 1 aliphatic rings. The summed E-state index contributed by atoms with van der Waals surface area (Å²) in [6.07, 6.45) is -2.83. The third kappa shape index (κ3) is 5.69. The maximum Gasteiger partial charge on any atom is 0.418 e. The number of carbonyl (C=O) groups is 2. The zero-order valence-electron chi connectivity index (χ0n) is 15.1. The monoisotopic (exact) mass is 382 g/mol. The maximum atomic E-state index is 13.0. The van der Waals surface area contributed by atoms with Crippen LogP contribution in [0.4, 0.5) is 18.9 Å². The first-order valence-electron chi connectivity index (χ1n) is 8.42. The number of nitriles is 1. The molecule has 6 nitrogen and oxygen atoms in total. The van der Waals surface area contributed by atoms with Gasteiger partial charge in [-0.05, 0) is 44.9 Å². The van der Waals surface area contributed by atoms with E-state index >= 15 is 0 Å². The lowest BCUT2D eigenvalue weighted by Crippen LogP contribution is -2.50. The highest BCUT2D eigenvalue weighted by atomic mass is 19.4. The molecule has 0 radical (unpaired) electrons. The maximum absolute atomic E-state index is 13.0. The molecule has 0 saturated heterocycles. The van der Waals surface area contributed by atoms with Gasteiger partial charge in [-0.3, -0.25) is 14.5 Å². The van der Waals surface area contributed by atoms with E-state index < -0.39 is 29.1 Å². The van der Waals surface area contributed by atoms with Crippen molar-refractivity contribution in [3.05, 3.63) is 29.8 Å². The van der Waals surface area contributed by atoms with E-state index in [2.05, 4.69) is 16.7 Å². The minimum absolute atomic E-state index is 0.124. The molecular formula is C18H21F3N4O2. The van der Waals surface area contributed by atoms with Gasteiger partial charge in [-0.25, -0.2) is 0 Å². The van der Waals surface area contributed by atoms with Crippen LogP contribution in [0.2, 0.25) is 0 Å². The van der Waals surface area contributed by atoms with Gasteiger partial charge in [-0.2, -0.15) is 18.4 Å². The summed E-state index contributed by atoms with van der Waals surface area (Å²) in [4.78, 5) is 25.5. The number of hydrogen-bond acceptors (Lipinski definition) is 4. The SMILES string of the molecule is CN(CC(=O)Nc1ccccc1C(F)(F)F)CC(=O)N[C@@](C)(C#N)C1CC1. The fourth-order valence-corrected chi connectivity index (χ4v) is 2.79. The molecule has 1 aliphatic carbocycles. The number of halogens is 3. The van der Waals surface area contributed by atoms with E-state index in [1.165, 1.54) is 30.1 Å². The van der Waals surface area contributed by atoms with Gasteiger partial charge < -0.3 is 10.6 Å². The van der Waals surface area contributed by atoms with Crippen molar-refractivity contribution in [2.75, 3.05) is 25.5 Å². The fourth-order valence-electron chi connectivity index (χ4n) is 2.79. The molecule has 0 aliphatic heterocycles. The number of anilines is 1. The van der Waals surface area contributed by atoms with Crippen LogP contribution < -0.4 is 10.6 Å². The van der Waals surface area contributed by atoms with Crippen LogP contribution in [0.1, 0.15) is 25.3 Å². The van der Waals surface area contributed by atoms with Crippen LogP contribution in [0.5, 0.6) is 0 Å². The molecule has 146 valence electrons. The molecule has 2 rings (SSSR count). The molecule has 2 amide bonds. The fraction of sp³-hybridized carbons (Fsp3) is 0.500. The standard InChI is InChI=1S/C18H21F3N4O2/c1-17(11-22,12-7-8-12)24-16(27)10-25(2)9-15(26)23-14-6-4-3-5-13(14)18(19,20)21/h3-6,12H,7-10H2,1-2H3,(H,23,26)(H,24,27)/t17-/m0/s1. The molecular weight excluding hydrogens is 361 g/mol. The van der Waals surface area contributed by atoms with Crippen LogP contribution in [0.15, 0.2) is 24.3 Å². The lowest BCUT2D eigenvalue weighted by atomic mass is 9.98. The Morgan fingerprint density at radius 2 is 1.81 bits per heavy atom. The molecule has 2 N–H and O–H groups in total. The Labute approximate surface area is 155 Å². The zero-order valence-corrected chi connectivity index (χ0v) is 15.1. The largest absolute Gasteiger partial charge is 0.418 e. The highest BCUT2D eigenvalue weighted by molar-refractivity contribution is 5.93. The number of amides is 2. The summed E-state index contributed by atoms with van der Waals surface area (Å²) in [6, 6.07) is 6.78. The van der Waals surface area contributed by atoms with Crippen molar-refractivity contribution in [3.8, 4) is 6.07 Å². The van der Waals surface area contributed by atoms with Gasteiger partial charge in [0.1, 0.15) is 5.54 Å². The van der Waals surface area contributed by atoms with Gasteiger partial charge in [0.2, 0.25) is 11.8 Å². The summed E-state index contributed by atoms with van der Waals surface area (Å²) >= 11 is 0. The highest BCUT2D eigenvalue weighted by Crippen LogP contribution is 2.39. The predicted molar refractivity (Wildman–Crippen MR) is 92.5 cm³/mol. The van der Waals surface area contributed by atoms with E-state index in [0.717, 1.165) is 18.9 Å². The second-order valence-corrected chi connectivity index (χ2v) is 6.90. The summed E-state index contributed by atoms with van der Waals surface area (Å²) in [6.45, 7) is 1.23. The Balaban J connectivity index is 1.89. The van der Waals surface area contributed by atoms with E-state index in [1.54, 1.807) is 6.92 Å². The van der Waals surface area contributed by atoms with Crippen molar-refractivity contribution in [1.82, 2.24) is 10.2 Å². The lowest BCUT2D eigenvalue weighted by molar-refractivity contribution is -0.137. The molecule has 1 atom stereocenters. The second-order valence-electron chi connectivity index (χ2n) is 6.90. The summed E-state index contributed by atoms with van der Waals surface area (Å²) < 4.78 is 38.9. The molecule has 1 aromatic rings. The van der Waals surface area contributed by atoms with E-state index in [9.17, 15) is 28.0 Å². The van der Waals surface area contributed by atoms with Gasteiger partial charge in [0.05, 0.1) is 30.4 Å². The molecule has 0 aromatic heterocycles. The molecule has 1 fully saturated rings. The Bertz CT molecular complexity index is 756. The third-order valence-corrected chi connectivity index (χ3v) is 4.36. The normalized spacial score (nSPS) is 16.3. The minimum Gasteiger partial charge on any atom is -0.337 e. The molecule has 1 saturated carbocycles. The van der Waals surface area contributed by atoms with Crippen LogP contribution in [0, 0.1) is 17.2 Å². The predicted octanol–water partition coefficient (Wildman–Crippen LogP) is 2.38. The van der Waals surface area contributed by atoms with Crippen LogP contribution in [0.3, 0.4) is 0 Å². The molecule has 0 unspecified atom stereocenters. The molecule has 9 heteroatoms. The molecule has 0 heterocycles. The smallest absolute Gasteiger partial charge is 0.337 e. The highest BCUT2D eigenvalue weighted by Gasteiger charge is 2.43. The first kappa shape index (κ1) is 20.7. The van der Waals surface area contributed by atoms with E-state index in [1.807, 2.05) is 0 Å². The van der Waals surface area contributed by atoms with Crippen LogP contribution in [-0.4, -0.2) is 42.4 Å². The molecule has 0 bridgehead atoms. The summed E-state index contributed by atoms with van der Waals surface area (Å²) in [5.74, 6) is -0.969. The number of hydrogen-bond donors (Lipinski definition) is 2. The van der Waals surface area contributed by atoms with Crippen LogP contribution >= 0.6 is 0 Å². The number of carbonyl (C=O) groups excluding carboxylic acids is 2. The molecule has 1 aromatic carbocycles. The summed E-state index contributed by atoms with van der Waals surface area (Å²) in [5, 5.41) is 14.1. The zero-order chi connectivity index (χ0) is 20.2.